The van der Waals surface area contributed by atoms with Gasteiger partial charge >= 0.3 is 0 Å². The first-order valence-corrected chi connectivity index (χ1v) is 7.66. The molecule has 3 aromatic rings. The number of hydrogen-bond acceptors (Lipinski definition) is 4. The van der Waals surface area contributed by atoms with Gasteiger partial charge in [0.1, 0.15) is 12.2 Å². The molecule has 0 saturated carbocycles. The first kappa shape index (κ1) is 12.2. The maximum Gasteiger partial charge on any atom is 0.119 e. The van der Waals surface area contributed by atoms with Gasteiger partial charge in [0.25, 0.3) is 0 Å². The molecule has 1 aromatic heterocycles. The van der Waals surface area contributed by atoms with Gasteiger partial charge in [-0.25, -0.2) is 4.68 Å². The van der Waals surface area contributed by atoms with E-state index in [0.717, 1.165) is 24.0 Å². The normalized spacial score (nSPS) is 20.2. The van der Waals surface area contributed by atoms with E-state index in [1.165, 1.54) is 16.8 Å². The Labute approximate surface area is 128 Å². The van der Waals surface area contributed by atoms with E-state index < -0.39 is 0 Å². The highest BCUT2D eigenvalue weighted by Crippen LogP contribution is 2.41. The van der Waals surface area contributed by atoms with E-state index in [4.69, 9.17) is 4.74 Å². The van der Waals surface area contributed by atoms with Gasteiger partial charge in [0.05, 0.1) is 18.2 Å². The molecule has 1 unspecified atom stereocenters. The number of ether oxygens (including phenoxy) is 1. The monoisotopic (exact) mass is 292 g/mol. The Bertz CT molecular complexity index is 857. The van der Waals surface area contributed by atoms with Gasteiger partial charge in [0, 0.05) is 23.4 Å². The number of hydrogen-bond donors (Lipinski definition) is 0. The van der Waals surface area contributed by atoms with Crippen molar-refractivity contribution in [2.24, 2.45) is 0 Å². The van der Waals surface area contributed by atoms with Gasteiger partial charge in [-0.05, 0) is 18.6 Å². The quantitative estimate of drug-likeness (QED) is 0.691. The van der Waals surface area contributed by atoms with Crippen LogP contribution >= 0.6 is 0 Å². The summed E-state index contributed by atoms with van der Waals surface area (Å²) in [4.78, 5) is 2.34. The van der Waals surface area contributed by atoms with Crippen LogP contribution in [0.2, 0.25) is 0 Å². The lowest BCUT2D eigenvalue weighted by Crippen LogP contribution is -2.38. The molecule has 0 bridgehead atoms. The Morgan fingerprint density at radius 1 is 1.09 bits per heavy atom. The molecule has 2 aromatic carbocycles. The van der Waals surface area contributed by atoms with Crippen molar-refractivity contribution in [2.45, 2.75) is 19.1 Å². The highest BCUT2D eigenvalue weighted by atomic mass is 16.5. The molecule has 0 fully saturated rings. The number of nitrogens with zero attached hydrogens (tertiary/aromatic N) is 4. The van der Waals surface area contributed by atoms with E-state index in [1.54, 1.807) is 0 Å². The van der Waals surface area contributed by atoms with Crippen LogP contribution in [0.25, 0.3) is 11.0 Å². The van der Waals surface area contributed by atoms with Crippen LogP contribution in [-0.2, 0) is 11.3 Å². The SMILES string of the molecule is c1cc2c3c(c1)C(n1nnc4ccccc41)CCN3COC2. The lowest BCUT2D eigenvalue weighted by molar-refractivity contribution is 0.107. The van der Waals surface area contributed by atoms with Gasteiger partial charge in [-0.2, -0.15) is 0 Å². The second-order valence-electron chi connectivity index (χ2n) is 5.92. The number of para-hydroxylation sites is 2. The zero-order valence-electron chi connectivity index (χ0n) is 12.1. The largest absolute Gasteiger partial charge is 0.356 e. The van der Waals surface area contributed by atoms with Crippen LogP contribution in [0, 0.1) is 0 Å². The summed E-state index contributed by atoms with van der Waals surface area (Å²) in [5.41, 5.74) is 6.01. The van der Waals surface area contributed by atoms with Gasteiger partial charge < -0.3 is 9.64 Å². The number of rotatable bonds is 1. The first-order valence-electron chi connectivity index (χ1n) is 7.66. The molecule has 0 radical (unpaired) electrons. The number of benzene rings is 2. The number of fused-ring (bicyclic) bond motifs is 1. The number of aromatic nitrogens is 3. The van der Waals surface area contributed by atoms with Crippen LogP contribution in [0.4, 0.5) is 5.69 Å². The third kappa shape index (κ3) is 1.63. The molecule has 5 heteroatoms. The van der Waals surface area contributed by atoms with Crippen molar-refractivity contribution in [2.75, 3.05) is 18.2 Å². The van der Waals surface area contributed by atoms with Crippen molar-refractivity contribution < 1.29 is 4.74 Å². The summed E-state index contributed by atoms with van der Waals surface area (Å²) in [6.07, 6.45) is 1.02. The molecule has 0 N–H and O–H groups in total. The molecule has 0 spiro atoms. The van der Waals surface area contributed by atoms with Crippen molar-refractivity contribution in [1.82, 2.24) is 15.0 Å². The maximum atomic E-state index is 5.68. The Balaban J connectivity index is 1.71. The minimum absolute atomic E-state index is 0.247. The molecule has 2 aliphatic heterocycles. The van der Waals surface area contributed by atoms with Crippen molar-refractivity contribution in [3.8, 4) is 0 Å². The van der Waals surface area contributed by atoms with Crippen LogP contribution in [0.5, 0.6) is 0 Å². The lowest BCUT2D eigenvalue weighted by Gasteiger charge is -2.39. The molecule has 0 amide bonds. The van der Waals surface area contributed by atoms with E-state index in [-0.39, 0.29) is 6.04 Å². The summed E-state index contributed by atoms with van der Waals surface area (Å²) in [5.74, 6) is 0. The third-order valence-corrected chi connectivity index (χ3v) is 4.68. The standard InChI is InChI=1S/C17H16N4O/c1-2-7-16-14(6-1)18-19-21(16)15-8-9-20-11-22-10-12-4-3-5-13(15)17(12)20/h1-7,15H,8-11H2. The van der Waals surface area contributed by atoms with Gasteiger partial charge in [-0.1, -0.05) is 35.5 Å². The molecular formula is C17H16N4O. The average molecular weight is 292 g/mol. The fraction of sp³-hybridized carbons (Fsp3) is 0.294. The van der Waals surface area contributed by atoms with Gasteiger partial charge in [-0.15, -0.1) is 5.10 Å². The molecule has 22 heavy (non-hydrogen) atoms. The maximum absolute atomic E-state index is 5.68. The zero-order chi connectivity index (χ0) is 14.5. The van der Waals surface area contributed by atoms with Gasteiger partial charge in [0.2, 0.25) is 0 Å². The van der Waals surface area contributed by atoms with E-state index in [1.807, 2.05) is 18.2 Å². The second kappa shape index (κ2) is 4.55. The summed E-state index contributed by atoms with van der Waals surface area (Å²) in [6, 6.07) is 14.9. The zero-order valence-corrected chi connectivity index (χ0v) is 12.1. The smallest absolute Gasteiger partial charge is 0.119 e. The second-order valence-corrected chi connectivity index (χ2v) is 5.92. The molecule has 2 aliphatic rings. The molecule has 1 atom stereocenters. The van der Waals surface area contributed by atoms with E-state index in [2.05, 4.69) is 44.2 Å². The average Bonchev–Trinajstić information content (AvgIpc) is 3.00. The van der Waals surface area contributed by atoms with Crippen molar-refractivity contribution >= 4 is 16.7 Å². The Morgan fingerprint density at radius 3 is 3.05 bits per heavy atom. The third-order valence-electron chi connectivity index (χ3n) is 4.68. The van der Waals surface area contributed by atoms with E-state index in [9.17, 15) is 0 Å². The predicted octanol–water partition coefficient (Wildman–Crippen LogP) is 2.72. The fourth-order valence-electron chi connectivity index (χ4n) is 3.69. The van der Waals surface area contributed by atoms with Crippen LogP contribution < -0.4 is 4.90 Å². The van der Waals surface area contributed by atoms with Crippen LogP contribution in [-0.4, -0.2) is 28.3 Å². The first-order chi connectivity index (χ1) is 10.9. The fourth-order valence-corrected chi connectivity index (χ4v) is 3.69. The van der Waals surface area contributed by atoms with Crippen molar-refractivity contribution in [3.05, 3.63) is 53.6 Å². The summed E-state index contributed by atoms with van der Waals surface area (Å²) in [7, 11) is 0. The van der Waals surface area contributed by atoms with Crippen LogP contribution in [0.15, 0.2) is 42.5 Å². The van der Waals surface area contributed by atoms with Crippen molar-refractivity contribution in [1.29, 1.82) is 0 Å². The molecular weight excluding hydrogens is 276 g/mol. The minimum atomic E-state index is 0.247. The Hall–Kier alpha value is -2.40. The summed E-state index contributed by atoms with van der Waals surface area (Å²) in [6.45, 7) is 2.38. The lowest BCUT2D eigenvalue weighted by atomic mass is 9.93. The molecule has 5 rings (SSSR count). The highest BCUT2D eigenvalue weighted by Gasteiger charge is 2.31. The highest BCUT2D eigenvalue weighted by molar-refractivity contribution is 5.74. The van der Waals surface area contributed by atoms with Crippen LogP contribution in [0.1, 0.15) is 23.6 Å². The Kier molecular flexibility index (Phi) is 2.52. The van der Waals surface area contributed by atoms with Crippen LogP contribution in [0.3, 0.4) is 0 Å². The van der Waals surface area contributed by atoms with E-state index >= 15 is 0 Å². The Morgan fingerprint density at radius 2 is 2.05 bits per heavy atom. The molecule has 3 heterocycles. The van der Waals surface area contributed by atoms with Gasteiger partial charge in [0.15, 0.2) is 0 Å². The number of anilines is 1. The molecule has 0 saturated heterocycles. The molecule has 5 nitrogen and oxygen atoms in total. The molecule has 110 valence electrons. The summed E-state index contributed by atoms with van der Waals surface area (Å²) >= 11 is 0. The minimum Gasteiger partial charge on any atom is -0.356 e. The van der Waals surface area contributed by atoms with Gasteiger partial charge in [-0.3, -0.25) is 0 Å². The van der Waals surface area contributed by atoms with E-state index in [0.29, 0.717) is 13.3 Å². The summed E-state index contributed by atoms with van der Waals surface area (Å²) in [5, 5.41) is 8.75. The topological polar surface area (TPSA) is 43.2 Å². The molecule has 0 aliphatic carbocycles. The predicted molar refractivity (Wildman–Crippen MR) is 83.7 cm³/mol. The summed E-state index contributed by atoms with van der Waals surface area (Å²) < 4.78 is 7.76. The van der Waals surface area contributed by atoms with Crippen molar-refractivity contribution in [3.63, 3.8) is 0 Å².